The number of nitrogens with zero attached hydrogens (tertiary/aromatic N) is 1. The Morgan fingerprint density at radius 1 is 0.722 bits per heavy atom. The van der Waals surface area contributed by atoms with Gasteiger partial charge in [-0.25, -0.2) is 4.98 Å². The fraction of sp³-hybridized carbons (Fsp3) is 0.0690. The van der Waals surface area contributed by atoms with Crippen molar-refractivity contribution in [1.82, 2.24) is 4.98 Å². The largest absolute Gasteiger partial charge is 0.436 e. The number of fused-ring (bicyclic) bond motifs is 1. The molecular formula is C29H23N3O3S. The minimum atomic E-state index is -0.102. The number of rotatable bonds is 8. The lowest BCUT2D eigenvalue weighted by Crippen LogP contribution is -2.14. The molecule has 5 rings (SSSR count). The lowest BCUT2D eigenvalue weighted by Gasteiger charge is -2.08. The van der Waals surface area contributed by atoms with Crippen molar-refractivity contribution in [2.45, 2.75) is 11.3 Å². The Bertz CT molecular complexity index is 1450. The second kappa shape index (κ2) is 10.9. The minimum Gasteiger partial charge on any atom is -0.436 e. The highest BCUT2D eigenvalue weighted by atomic mass is 32.2. The van der Waals surface area contributed by atoms with Crippen LogP contribution in [0.5, 0.6) is 0 Å². The molecule has 2 N–H and O–H groups in total. The average molecular weight is 494 g/mol. The van der Waals surface area contributed by atoms with Gasteiger partial charge < -0.3 is 15.1 Å². The molecule has 1 aromatic heterocycles. The molecule has 0 radical (unpaired) electrons. The predicted octanol–water partition coefficient (Wildman–Crippen LogP) is 6.41. The summed E-state index contributed by atoms with van der Waals surface area (Å²) < 4.78 is 5.79. The van der Waals surface area contributed by atoms with Crippen LogP contribution in [0.1, 0.15) is 5.56 Å². The number of benzene rings is 4. The molecule has 7 heteroatoms. The van der Waals surface area contributed by atoms with Gasteiger partial charge in [0.2, 0.25) is 17.7 Å². The van der Waals surface area contributed by atoms with Gasteiger partial charge in [-0.1, -0.05) is 42.5 Å². The maximum absolute atomic E-state index is 12.4. The fourth-order valence-corrected chi connectivity index (χ4v) is 4.36. The third-order valence-electron chi connectivity index (χ3n) is 5.43. The van der Waals surface area contributed by atoms with Crippen LogP contribution < -0.4 is 10.6 Å². The van der Waals surface area contributed by atoms with E-state index in [4.69, 9.17) is 4.42 Å². The van der Waals surface area contributed by atoms with E-state index in [0.717, 1.165) is 32.8 Å². The highest BCUT2D eigenvalue weighted by Gasteiger charge is 2.09. The van der Waals surface area contributed by atoms with E-state index in [9.17, 15) is 9.59 Å². The molecule has 4 aromatic carbocycles. The number of thioether (sulfide) groups is 1. The van der Waals surface area contributed by atoms with Crippen LogP contribution in [0.25, 0.3) is 22.6 Å². The van der Waals surface area contributed by atoms with Crippen LogP contribution in [-0.4, -0.2) is 22.6 Å². The summed E-state index contributed by atoms with van der Waals surface area (Å²) in [4.78, 5) is 30.1. The molecule has 5 aromatic rings. The molecule has 0 saturated heterocycles. The lowest BCUT2D eigenvalue weighted by atomic mass is 10.1. The summed E-state index contributed by atoms with van der Waals surface area (Å²) in [6.45, 7) is 0. The summed E-state index contributed by atoms with van der Waals surface area (Å²) >= 11 is 1.43. The van der Waals surface area contributed by atoms with Gasteiger partial charge in [-0.05, 0) is 66.2 Å². The van der Waals surface area contributed by atoms with Gasteiger partial charge in [-0.15, -0.1) is 11.8 Å². The third kappa shape index (κ3) is 6.00. The molecule has 0 aliphatic carbocycles. The minimum absolute atomic E-state index is 0.0666. The van der Waals surface area contributed by atoms with Crippen LogP contribution in [-0.2, 0) is 16.0 Å². The van der Waals surface area contributed by atoms with Crippen molar-refractivity contribution < 1.29 is 14.0 Å². The predicted molar refractivity (Wildman–Crippen MR) is 144 cm³/mol. The molecule has 0 aliphatic rings. The Kier molecular flexibility index (Phi) is 7.10. The van der Waals surface area contributed by atoms with E-state index in [1.165, 1.54) is 11.8 Å². The third-order valence-corrected chi connectivity index (χ3v) is 6.44. The van der Waals surface area contributed by atoms with Crippen molar-refractivity contribution in [3.63, 3.8) is 0 Å². The Hall–Kier alpha value is -4.36. The summed E-state index contributed by atoms with van der Waals surface area (Å²) in [6, 6.07) is 32.1. The molecule has 0 unspecified atom stereocenters. The summed E-state index contributed by atoms with van der Waals surface area (Å²) in [5, 5.41) is 5.81. The first-order chi connectivity index (χ1) is 17.6. The zero-order valence-electron chi connectivity index (χ0n) is 19.3. The van der Waals surface area contributed by atoms with Gasteiger partial charge >= 0.3 is 0 Å². The number of hydrogen-bond acceptors (Lipinski definition) is 5. The molecule has 0 bridgehead atoms. The second-order valence-corrected chi connectivity index (χ2v) is 9.18. The number of oxazole rings is 1. The zero-order valence-corrected chi connectivity index (χ0v) is 20.1. The summed E-state index contributed by atoms with van der Waals surface area (Å²) in [6.07, 6.45) is 0.327. The fourth-order valence-electron chi connectivity index (χ4n) is 3.66. The Morgan fingerprint density at radius 3 is 2.08 bits per heavy atom. The van der Waals surface area contributed by atoms with E-state index in [-0.39, 0.29) is 17.6 Å². The molecule has 0 fully saturated rings. The van der Waals surface area contributed by atoms with Crippen molar-refractivity contribution in [2.24, 2.45) is 0 Å². The molecule has 1 heterocycles. The van der Waals surface area contributed by atoms with Crippen LogP contribution in [0.3, 0.4) is 0 Å². The highest BCUT2D eigenvalue weighted by molar-refractivity contribution is 8.00. The van der Waals surface area contributed by atoms with E-state index in [2.05, 4.69) is 15.6 Å². The van der Waals surface area contributed by atoms with Gasteiger partial charge in [0.15, 0.2) is 5.58 Å². The number of hydrogen-bond donors (Lipinski definition) is 2. The number of anilines is 2. The van der Waals surface area contributed by atoms with Crippen molar-refractivity contribution in [1.29, 1.82) is 0 Å². The first-order valence-electron chi connectivity index (χ1n) is 11.4. The van der Waals surface area contributed by atoms with Gasteiger partial charge in [-0.2, -0.15) is 0 Å². The van der Waals surface area contributed by atoms with Crippen molar-refractivity contribution >= 4 is 46.1 Å². The maximum Gasteiger partial charge on any atom is 0.234 e. The first kappa shape index (κ1) is 23.4. The number of amides is 2. The Balaban J connectivity index is 1.10. The highest BCUT2D eigenvalue weighted by Crippen LogP contribution is 2.26. The lowest BCUT2D eigenvalue weighted by molar-refractivity contribution is -0.115. The number of nitrogens with one attached hydrogen (secondary N) is 2. The molecule has 0 spiro atoms. The van der Waals surface area contributed by atoms with Crippen LogP contribution in [0.4, 0.5) is 11.4 Å². The number of carbonyl (C=O) groups is 2. The quantitative estimate of drug-likeness (QED) is 0.244. The van der Waals surface area contributed by atoms with E-state index in [0.29, 0.717) is 18.0 Å². The molecule has 0 saturated carbocycles. The monoisotopic (exact) mass is 493 g/mol. The second-order valence-electron chi connectivity index (χ2n) is 8.14. The van der Waals surface area contributed by atoms with Gasteiger partial charge in [0.1, 0.15) is 5.52 Å². The average Bonchev–Trinajstić information content (AvgIpc) is 3.34. The standard InChI is InChI=1S/C29H23N3O3S/c33-27(18-20-6-2-1-3-7-20)30-23-14-16-24(17-15-23)36-19-28(34)31-22-12-10-21(11-13-22)29-32-25-8-4-5-9-26(25)35-29/h1-17H,18-19H2,(H,30,33)(H,31,34). The normalized spacial score (nSPS) is 10.8. The van der Waals surface area contributed by atoms with Crippen molar-refractivity contribution in [3.8, 4) is 11.5 Å². The number of para-hydroxylation sites is 2. The zero-order chi connectivity index (χ0) is 24.7. The van der Waals surface area contributed by atoms with E-state index < -0.39 is 0 Å². The van der Waals surface area contributed by atoms with Crippen molar-refractivity contribution in [2.75, 3.05) is 16.4 Å². The van der Waals surface area contributed by atoms with Crippen LogP contribution in [0.2, 0.25) is 0 Å². The SMILES string of the molecule is O=C(CSc1ccc(NC(=O)Cc2ccccc2)cc1)Nc1ccc(-c2nc3ccccc3o2)cc1. The molecule has 6 nitrogen and oxygen atoms in total. The molecule has 0 aliphatic heterocycles. The molecule has 2 amide bonds. The van der Waals surface area contributed by atoms with Gasteiger partial charge in [0.05, 0.1) is 12.2 Å². The van der Waals surface area contributed by atoms with Gasteiger partial charge in [0.25, 0.3) is 0 Å². The topological polar surface area (TPSA) is 84.2 Å². The van der Waals surface area contributed by atoms with Crippen LogP contribution >= 0.6 is 11.8 Å². The molecule has 36 heavy (non-hydrogen) atoms. The van der Waals surface area contributed by atoms with E-state index in [1.807, 2.05) is 103 Å². The maximum atomic E-state index is 12.4. The van der Waals surface area contributed by atoms with Gasteiger partial charge in [0, 0.05) is 21.8 Å². The summed E-state index contributed by atoms with van der Waals surface area (Å²) in [5.74, 6) is 0.648. The Labute approximate surface area is 212 Å². The smallest absolute Gasteiger partial charge is 0.234 e. The Morgan fingerprint density at radius 2 is 1.36 bits per heavy atom. The molecule has 0 atom stereocenters. The van der Waals surface area contributed by atoms with E-state index in [1.54, 1.807) is 0 Å². The summed E-state index contributed by atoms with van der Waals surface area (Å²) in [5.41, 5.74) is 4.79. The first-order valence-corrected chi connectivity index (χ1v) is 12.4. The van der Waals surface area contributed by atoms with E-state index >= 15 is 0 Å². The number of carbonyl (C=O) groups excluding carboxylic acids is 2. The molecule has 178 valence electrons. The number of aromatic nitrogens is 1. The van der Waals surface area contributed by atoms with Crippen LogP contribution in [0, 0.1) is 0 Å². The summed E-state index contributed by atoms with van der Waals surface area (Å²) in [7, 11) is 0. The van der Waals surface area contributed by atoms with Gasteiger partial charge in [-0.3, -0.25) is 9.59 Å². The molecular weight excluding hydrogens is 470 g/mol. The van der Waals surface area contributed by atoms with Crippen molar-refractivity contribution in [3.05, 3.63) is 109 Å². The van der Waals surface area contributed by atoms with Crippen LogP contribution in [0.15, 0.2) is 112 Å².